The first-order valence-corrected chi connectivity index (χ1v) is 26.7. The van der Waals surface area contributed by atoms with E-state index in [1.807, 2.05) is 0 Å². The Bertz CT molecular complexity index is 4840. The van der Waals surface area contributed by atoms with E-state index < -0.39 is 8.07 Å². The summed E-state index contributed by atoms with van der Waals surface area (Å²) in [5.41, 5.74) is 15.8. The molecular formula is C63H41N9Si. The summed E-state index contributed by atoms with van der Waals surface area (Å²) in [4.78, 5) is 15.9. The smallest absolute Gasteiger partial charge is 0.220 e. The topological polar surface area (TPSA) is 66.7 Å². The van der Waals surface area contributed by atoms with Gasteiger partial charge in [-0.2, -0.15) is 0 Å². The van der Waals surface area contributed by atoms with Gasteiger partial charge < -0.3 is 0 Å². The van der Waals surface area contributed by atoms with Crippen molar-refractivity contribution < 1.29 is 0 Å². The standard InChI is InChI=1S/C63H41N9Si/c1-3-21-45(22-4-1)73(46-23-5-2-6-24-46,47-25-17-19-42(39-47)67-55-33-13-15-35-57(55)70-52-30-10-7-27-49(52)64-61(67)70)48-26-18-20-43(40-48)68-59-38-37-44(41-60(59)72-54-32-12-9-29-51(54)66-63(68)72)69-56-34-14-16-36-58(56)71-53-31-11-8-28-50(53)65-62(69)71/h1-41H. The number of hydrogen-bond acceptors (Lipinski definition) is 3. The highest BCUT2D eigenvalue weighted by atomic mass is 28.3. The molecule has 0 spiro atoms. The first-order valence-electron chi connectivity index (χ1n) is 24.7. The van der Waals surface area contributed by atoms with E-state index in [0.29, 0.717) is 0 Å². The van der Waals surface area contributed by atoms with Crippen molar-refractivity contribution in [2.45, 2.75) is 0 Å². The van der Waals surface area contributed by atoms with Crippen molar-refractivity contribution in [3.63, 3.8) is 0 Å². The van der Waals surface area contributed by atoms with Crippen molar-refractivity contribution >= 4 is 112 Å². The van der Waals surface area contributed by atoms with Gasteiger partial charge in [-0.15, -0.1) is 0 Å². The van der Waals surface area contributed by atoms with E-state index in [1.165, 1.54) is 20.7 Å². The van der Waals surface area contributed by atoms with Crippen LogP contribution in [0.4, 0.5) is 0 Å². The van der Waals surface area contributed by atoms with Gasteiger partial charge in [0.1, 0.15) is 0 Å². The predicted octanol–water partition coefficient (Wildman–Crippen LogP) is 11.3. The normalized spacial score (nSPS) is 12.4. The van der Waals surface area contributed by atoms with E-state index in [9.17, 15) is 0 Å². The van der Waals surface area contributed by atoms with Gasteiger partial charge in [0.15, 0.2) is 8.07 Å². The molecule has 9 nitrogen and oxygen atoms in total. The molecular weight excluding hydrogens is 911 g/mol. The zero-order valence-electron chi connectivity index (χ0n) is 39.2. The maximum absolute atomic E-state index is 5.42. The minimum absolute atomic E-state index is 0.851. The second-order valence-electron chi connectivity index (χ2n) is 18.9. The van der Waals surface area contributed by atoms with E-state index in [-0.39, 0.29) is 0 Å². The monoisotopic (exact) mass is 951 g/mol. The zero-order valence-corrected chi connectivity index (χ0v) is 40.2. The van der Waals surface area contributed by atoms with Gasteiger partial charge in [0, 0.05) is 11.4 Å². The van der Waals surface area contributed by atoms with Crippen LogP contribution >= 0.6 is 0 Å². The highest BCUT2D eigenvalue weighted by Crippen LogP contribution is 2.35. The Hall–Kier alpha value is -9.77. The number of fused-ring (bicyclic) bond motifs is 15. The Labute approximate surface area is 418 Å². The van der Waals surface area contributed by atoms with Crippen LogP contribution < -0.4 is 20.7 Å². The summed E-state index contributed by atoms with van der Waals surface area (Å²) in [6.45, 7) is 0. The Morgan fingerprint density at radius 3 is 1.00 bits per heavy atom. The fourth-order valence-corrected chi connectivity index (χ4v) is 16.9. The summed E-state index contributed by atoms with van der Waals surface area (Å²) in [6.07, 6.45) is 0. The molecule has 0 amide bonds. The van der Waals surface area contributed by atoms with Crippen LogP contribution in [0.3, 0.4) is 0 Å². The summed E-state index contributed by atoms with van der Waals surface area (Å²) < 4.78 is 13.9. The van der Waals surface area contributed by atoms with Crippen molar-refractivity contribution in [1.29, 1.82) is 0 Å². The van der Waals surface area contributed by atoms with Gasteiger partial charge in [0.25, 0.3) is 0 Å². The van der Waals surface area contributed by atoms with Crippen LogP contribution in [0.25, 0.3) is 101 Å². The minimum atomic E-state index is -3.13. The second-order valence-corrected chi connectivity index (χ2v) is 22.8. The van der Waals surface area contributed by atoms with Crippen LogP contribution in [0.15, 0.2) is 249 Å². The van der Waals surface area contributed by atoms with Gasteiger partial charge in [-0.3, -0.25) is 26.9 Å². The van der Waals surface area contributed by atoms with E-state index in [0.717, 1.165) is 101 Å². The van der Waals surface area contributed by atoms with Gasteiger partial charge in [0.05, 0.1) is 71.9 Å². The molecule has 73 heavy (non-hydrogen) atoms. The maximum atomic E-state index is 5.42. The molecule has 10 heteroatoms. The average molecular weight is 952 g/mol. The maximum Gasteiger partial charge on any atom is 0.220 e. The van der Waals surface area contributed by atoms with Crippen molar-refractivity contribution in [2.75, 3.05) is 0 Å². The Kier molecular flexibility index (Phi) is 8.28. The van der Waals surface area contributed by atoms with E-state index >= 15 is 0 Å². The zero-order chi connectivity index (χ0) is 47.8. The van der Waals surface area contributed by atoms with E-state index in [2.05, 4.69) is 276 Å². The van der Waals surface area contributed by atoms with E-state index in [1.54, 1.807) is 0 Å². The second kappa shape index (κ2) is 15.1. The van der Waals surface area contributed by atoms with E-state index in [4.69, 9.17) is 15.0 Å². The lowest BCUT2D eigenvalue weighted by Gasteiger charge is -2.35. The van der Waals surface area contributed by atoms with Crippen LogP contribution in [0, 0.1) is 0 Å². The molecule has 0 unspecified atom stereocenters. The van der Waals surface area contributed by atoms with Crippen molar-refractivity contribution in [3.8, 4) is 17.1 Å². The molecule has 0 radical (unpaired) electrons. The van der Waals surface area contributed by atoms with Gasteiger partial charge in [0.2, 0.25) is 17.3 Å². The van der Waals surface area contributed by atoms with Crippen molar-refractivity contribution in [3.05, 3.63) is 249 Å². The quantitative estimate of drug-likeness (QED) is 0.118. The van der Waals surface area contributed by atoms with Gasteiger partial charge >= 0.3 is 0 Å². The number of imidazole rings is 6. The molecule has 16 aromatic rings. The van der Waals surface area contributed by atoms with Gasteiger partial charge in [-0.25, -0.2) is 15.0 Å². The van der Waals surface area contributed by atoms with Gasteiger partial charge in [-0.1, -0.05) is 146 Å². The summed E-state index contributed by atoms with van der Waals surface area (Å²) in [5.74, 6) is 2.61. The average Bonchev–Trinajstić information content (AvgIpc) is 4.30. The van der Waals surface area contributed by atoms with Crippen LogP contribution in [-0.2, 0) is 0 Å². The van der Waals surface area contributed by atoms with Crippen LogP contribution in [0.1, 0.15) is 0 Å². The van der Waals surface area contributed by atoms with Crippen LogP contribution in [0.5, 0.6) is 0 Å². The molecule has 0 N–H and O–H groups in total. The Morgan fingerprint density at radius 2 is 0.562 bits per heavy atom. The molecule has 0 saturated carbocycles. The number of benzene rings is 10. The Balaban J connectivity index is 0.950. The Morgan fingerprint density at radius 1 is 0.233 bits per heavy atom. The molecule has 0 aliphatic heterocycles. The fraction of sp³-hybridized carbons (Fsp3) is 0. The molecule has 0 aliphatic carbocycles. The summed E-state index contributed by atoms with van der Waals surface area (Å²) in [5, 5.41) is 5.11. The lowest BCUT2D eigenvalue weighted by Crippen LogP contribution is -2.74. The van der Waals surface area contributed by atoms with Crippen LogP contribution in [-0.4, -0.2) is 49.9 Å². The summed E-state index contributed by atoms with van der Waals surface area (Å²) in [6, 6.07) is 90.2. The minimum Gasteiger partial charge on any atom is -0.278 e. The highest BCUT2D eigenvalue weighted by molar-refractivity contribution is 7.20. The molecule has 0 atom stereocenters. The summed E-state index contributed by atoms with van der Waals surface area (Å²) in [7, 11) is -3.13. The highest BCUT2D eigenvalue weighted by Gasteiger charge is 2.42. The lowest BCUT2D eigenvalue weighted by atomic mass is 10.2. The molecule has 16 rings (SSSR count). The predicted molar refractivity (Wildman–Crippen MR) is 299 cm³/mol. The lowest BCUT2D eigenvalue weighted by molar-refractivity contribution is 1.11. The molecule has 0 saturated heterocycles. The summed E-state index contributed by atoms with van der Waals surface area (Å²) >= 11 is 0. The number of rotatable bonds is 7. The molecule has 10 aromatic carbocycles. The third-order valence-electron chi connectivity index (χ3n) is 15.1. The SMILES string of the molecule is c1ccc([Si](c2ccccc2)(c2cccc(-n3c4ccccc4n4c5ccccc5nc34)c2)c2cccc(-n3c4ccc(-n5c6ccccc6n6c7ccccc7nc56)cc4n4c5ccccc5nc34)c2)cc1. The van der Waals surface area contributed by atoms with Crippen molar-refractivity contribution in [1.82, 2.24) is 41.9 Å². The third-order valence-corrected chi connectivity index (χ3v) is 19.9. The first kappa shape index (κ1) is 40.0. The molecule has 342 valence electrons. The molecule has 0 fully saturated rings. The third kappa shape index (κ3) is 5.52. The largest absolute Gasteiger partial charge is 0.278 e. The molecule has 0 aliphatic rings. The molecule has 6 aromatic heterocycles. The number of nitrogens with zero attached hydrogens (tertiary/aromatic N) is 9. The fourth-order valence-electron chi connectivity index (χ4n) is 12.1. The number of aromatic nitrogens is 9. The number of para-hydroxylation sites is 10. The van der Waals surface area contributed by atoms with Crippen molar-refractivity contribution in [2.24, 2.45) is 0 Å². The number of hydrogen-bond donors (Lipinski definition) is 0. The molecule has 0 bridgehead atoms. The van der Waals surface area contributed by atoms with Crippen LogP contribution in [0.2, 0.25) is 0 Å². The first-order chi connectivity index (χ1) is 36.2. The van der Waals surface area contributed by atoms with Gasteiger partial charge in [-0.05, 0) is 124 Å². The molecule has 6 heterocycles.